The molecule has 2 saturated heterocycles. The number of carbonyl (C=O) groups excluding carboxylic acids is 4. The molecule has 2 unspecified atom stereocenters. The lowest BCUT2D eigenvalue weighted by atomic mass is 9.82. The number of imide groups is 2. The van der Waals surface area contributed by atoms with E-state index in [9.17, 15) is 19.2 Å². The minimum absolute atomic E-state index is 0.113. The molecular weight excluding hydrogens is 372 g/mol. The van der Waals surface area contributed by atoms with Crippen LogP contribution in [0.25, 0.3) is 0 Å². The molecule has 29 heavy (non-hydrogen) atoms. The number of rotatable bonds is 4. The van der Waals surface area contributed by atoms with E-state index in [1.807, 2.05) is 6.07 Å². The number of hydrogen-bond donors (Lipinski definition) is 2. The van der Waals surface area contributed by atoms with Crippen LogP contribution in [-0.2, 0) is 16.1 Å². The third-order valence-electron chi connectivity index (χ3n) is 6.41. The van der Waals surface area contributed by atoms with Crippen LogP contribution in [0.1, 0.15) is 53.0 Å². The van der Waals surface area contributed by atoms with Gasteiger partial charge in [0.25, 0.3) is 11.8 Å². The molecule has 1 aromatic rings. The number of nitrogens with two attached hydrogens (primary N) is 1. The van der Waals surface area contributed by atoms with E-state index in [2.05, 4.69) is 24.1 Å². The fraction of sp³-hybridized carbons (Fsp3) is 0.524. The van der Waals surface area contributed by atoms with Gasteiger partial charge in [0.15, 0.2) is 0 Å². The molecule has 2 fully saturated rings. The molecule has 3 heterocycles. The molecule has 2 atom stereocenters. The molecule has 0 aromatic heterocycles. The summed E-state index contributed by atoms with van der Waals surface area (Å²) in [5.41, 5.74) is 7.63. The number of amides is 4. The van der Waals surface area contributed by atoms with E-state index in [4.69, 9.17) is 5.73 Å². The monoisotopic (exact) mass is 398 g/mol. The molecule has 1 aromatic carbocycles. The van der Waals surface area contributed by atoms with Crippen LogP contribution in [0.15, 0.2) is 18.2 Å². The first kappa shape index (κ1) is 19.7. The Balaban J connectivity index is 1.53. The number of hydrogen-bond acceptors (Lipinski definition) is 6. The summed E-state index contributed by atoms with van der Waals surface area (Å²) in [6.07, 6.45) is 0.272. The van der Waals surface area contributed by atoms with Crippen molar-refractivity contribution in [3.63, 3.8) is 0 Å². The third kappa shape index (κ3) is 3.36. The van der Waals surface area contributed by atoms with Gasteiger partial charge < -0.3 is 5.73 Å². The number of nitrogens with zero attached hydrogens (tertiary/aromatic N) is 2. The Bertz CT molecular complexity index is 910. The molecule has 0 bridgehead atoms. The number of nitrogens with one attached hydrogen (secondary N) is 1. The highest BCUT2D eigenvalue weighted by Gasteiger charge is 2.45. The second-order valence-corrected chi connectivity index (χ2v) is 8.92. The normalized spacial score (nSPS) is 26.8. The quantitative estimate of drug-likeness (QED) is 0.715. The third-order valence-corrected chi connectivity index (χ3v) is 6.41. The maximum atomic E-state index is 12.9. The molecule has 4 rings (SSSR count). The molecule has 154 valence electrons. The van der Waals surface area contributed by atoms with E-state index in [0.29, 0.717) is 30.1 Å². The summed E-state index contributed by atoms with van der Waals surface area (Å²) < 4.78 is 0. The first-order valence-electron chi connectivity index (χ1n) is 9.98. The van der Waals surface area contributed by atoms with Gasteiger partial charge in [0, 0.05) is 26.1 Å². The maximum Gasteiger partial charge on any atom is 0.262 e. The number of likely N-dealkylation sites (tertiary alicyclic amines) is 1. The van der Waals surface area contributed by atoms with Gasteiger partial charge in [-0.3, -0.25) is 34.3 Å². The lowest BCUT2D eigenvalue weighted by Crippen LogP contribution is -2.54. The summed E-state index contributed by atoms with van der Waals surface area (Å²) in [6.45, 7) is 7.56. The molecule has 3 N–H and O–H groups in total. The standard InChI is InChI=1S/C21H26N4O4/c1-21(2)11-24(10-13(21)8-22)9-12-3-4-14-15(7-12)20(29)25(19(14)28)16-5-6-17(26)23-18(16)27/h3-4,7,13,16H,5-6,8-11,22H2,1-2H3,(H,23,26,27). The van der Waals surface area contributed by atoms with Crippen molar-refractivity contribution in [3.05, 3.63) is 34.9 Å². The highest BCUT2D eigenvalue weighted by atomic mass is 16.2. The van der Waals surface area contributed by atoms with Crippen LogP contribution in [-0.4, -0.2) is 59.1 Å². The molecule has 4 amide bonds. The second-order valence-electron chi connectivity index (χ2n) is 8.92. The molecule has 3 aliphatic rings. The van der Waals surface area contributed by atoms with Crippen molar-refractivity contribution < 1.29 is 19.2 Å². The van der Waals surface area contributed by atoms with Crippen LogP contribution in [0.4, 0.5) is 0 Å². The van der Waals surface area contributed by atoms with Gasteiger partial charge in [0.05, 0.1) is 11.1 Å². The largest absolute Gasteiger partial charge is 0.330 e. The first-order chi connectivity index (χ1) is 13.7. The minimum atomic E-state index is -0.937. The topological polar surface area (TPSA) is 113 Å². The maximum absolute atomic E-state index is 12.9. The Morgan fingerprint density at radius 3 is 2.52 bits per heavy atom. The zero-order valence-corrected chi connectivity index (χ0v) is 16.7. The Morgan fingerprint density at radius 2 is 1.86 bits per heavy atom. The van der Waals surface area contributed by atoms with Gasteiger partial charge in [-0.2, -0.15) is 0 Å². The highest BCUT2D eigenvalue weighted by Crippen LogP contribution is 2.35. The predicted molar refractivity (Wildman–Crippen MR) is 105 cm³/mol. The van der Waals surface area contributed by atoms with Crippen LogP contribution in [0.2, 0.25) is 0 Å². The fourth-order valence-corrected chi connectivity index (χ4v) is 4.72. The van der Waals surface area contributed by atoms with Crippen molar-refractivity contribution in [2.45, 2.75) is 39.3 Å². The number of benzene rings is 1. The molecular formula is C21H26N4O4. The summed E-state index contributed by atoms with van der Waals surface area (Å²) >= 11 is 0. The first-order valence-corrected chi connectivity index (χ1v) is 9.98. The zero-order valence-electron chi connectivity index (χ0n) is 16.7. The van der Waals surface area contributed by atoms with Crippen molar-refractivity contribution in [3.8, 4) is 0 Å². The van der Waals surface area contributed by atoms with Crippen LogP contribution >= 0.6 is 0 Å². The summed E-state index contributed by atoms with van der Waals surface area (Å²) in [5.74, 6) is -1.50. The Hall–Kier alpha value is -2.58. The Kier molecular flexibility index (Phi) is 4.78. The molecule has 0 aliphatic carbocycles. The van der Waals surface area contributed by atoms with E-state index in [0.717, 1.165) is 23.6 Å². The van der Waals surface area contributed by atoms with Crippen molar-refractivity contribution in [2.75, 3.05) is 19.6 Å². The fourth-order valence-electron chi connectivity index (χ4n) is 4.72. The molecule has 8 nitrogen and oxygen atoms in total. The molecule has 3 aliphatic heterocycles. The lowest BCUT2D eigenvalue weighted by molar-refractivity contribution is -0.136. The number of fused-ring (bicyclic) bond motifs is 1. The second kappa shape index (κ2) is 7.03. The lowest BCUT2D eigenvalue weighted by Gasteiger charge is -2.27. The number of carbonyl (C=O) groups is 4. The van der Waals surface area contributed by atoms with Crippen LogP contribution in [0.3, 0.4) is 0 Å². The Morgan fingerprint density at radius 1 is 1.14 bits per heavy atom. The molecule has 8 heteroatoms. The Labute approximate surface area is 169 Å². The molecule has 0 radical (unpaired) electrons. The van der Waals surface area contributed by atoms with Gasteiger partial charge in [0.1, 0.15) is 6.04 Å². The van der Waals surface area contributed by atoms with Gasteiger partial charge in [-0.1, -0.05) is 19.9 Å². The van der Waals surface area contributed by atoms with Crippen LogP contribution in [0.5, 0.6) is 0 Å². The van der Waals surface area contributed by atoms with Crippen molar-refractivity contribution in [1.29, 1.82) is 0 Å². The predicted octanol–water partition coefficient (Wildman–Crippen LogP) is 0.505. The van der Waals surface area contributed by atoms with Gasteiger partial charge in [-0.05, 0) is 42.0 Å². The summed E-state index contributed by atoms with van der Waals surface area (Å²) in [5, 5.41) is 2.21. The van der Waals surface area contributed by atoms with Gasteiger partial charge in [-0.15, -0.1) is 0 Å². The van der Waals surface area contributed by atoms with E-state index in [1.165, 1.54) is 0 Å². The average molecular weight is 398 g/mol. The van der Waals surface area contributed by atoms with E-state index >= 15 is 0 Å². The van der Waals surface area contributed by atoms with Crippen LogP contribution < -0.4 is 11.1 Å². The smallest absolute Gasteiger partial charge is 0.262 e. The summed E-state index contributed by atoms with van der Waals surface area (Å²) in [6, 6.07) is 4.34. The zero-order chi connectivity index (χ0) is 20.9. The van der Waals surface area contributed by atoms with E-state index < -0.39 is 23.8 Å². The van der Waals surface area contributed by atoms with E-state index in [1.54, 1.807) is 12.1 Å². The molecule has 0 saturated carbocycles. The SMILES string of the molecule is CC1(C)CN(Cc2ccc3c(c2)C(=O)N(C2CCC(=O)NC2=O)C3=O)CC1CN. The van der Waals surface area contributed by atoms with Crippen molar-refractivity contribution >= 4 is 23.6 Å². The van der Waals surface area contributed by atoms with E-state index in [-0.39, 0.29) is 24.2 Å². The van der Waals surface area contributed by atoms with Gasteiger partial charge in [0.2, 0.25) is 11.8 Å². The van der Waals surface area contributed by atoms with Crippen LogP contribution in [0, 0.1) is 11.3 Å². The molecule has 0 spiro atoms. The summed E-state index contributed by atoms with van der Waals surface area (Å²) in [7, 11) is 0. The summed E-state index contributed by atoms with van der Waals surface area (Å²) in [4.78, 5) is 52.6. The minimum Gasteiger partial charge on any atom is -0.330 e. The van der Waals surface area contributed by atoms with Gasteiger partial charge in [-0.25, -0.2) is 0 Å². The number of piperidine rings is 1. The van der Waals surface area contributed by atoms with Crippen molar-refractivity contribution in [2.24, 2.45) is 17.1 Å². The highest BCUT2D eigenvalue weighted by molar-refractivity contribution is 6.23. The van der Waals surface area contributed by atoms with Crippen molar-refractivity contribution in [1.82, 2.24) is 15.1 Å². The van der Waals surface area contributed by atoms with Gasteiger partial charge >= 0.3 is 0 Å². The average Bonchev–Trinajstić information content (AvgIpc) is 3.08.